The van der Waals surface area contributed by atoms with Crippen molar-refractivity contribution in [3.63, 3.8) is 0 Å². The summed E-state index contributed by atoms with van der Waals surface area (Å²) in [4.78, 5) is 24.3. The van der Waals surface area contributed by atoms with Crippen LogP contribution in [0.5, 0.6) is 0 Å². The smallest absolute Gasteiger partial charge is 0.338 e. The summed E-state index contributed by atoms with van der Waals surface area (Å²) < 4.78 is 31.2. The number of H-pyrrole nitrogens is 1. The standard InChI is InChI=1S/C17H12F2N2O3/c1-9(16(22)10-4-5-13(18)14(19)6-10)24-17(23)11-2-3-12-8-20-21-15(12)7-11/h2-9H,1H3,(H,20,21)/t9-/m0/s1. The van der Waals surface area contributed by atoms with E-state index in [-0.39, 0.29) is 11.1 Å². The van der Waals surface area contributed by atoms with Crippen LogP contribution in [0.1, 0.15) is 27.6 Å². The molecular formula is C17H12F2N2O3. The number of carbonyl (C=O) groups is 2. The first-order chi connectivity index (χ1) is 11.5. The van der Waals surface area contributed by atoms with Gasteiger partial charge in [-0.1, -0.05) is 6.07 Å². The van der Waals surface area contributed by atoms with E-state index in [0.29, 0.717) is 5.52 Å². The molecule has 0 saturated carbocycles. The largest absolute Gasteiger partial charge is 0.451 e. The summed E-state index contributed by atoms with van der Waals surface area (Å²) in [7, 11) is 0. The predicted octanol–water partition coefficient (Wildman–Crippen LogP) is 3.27. The number of ether oxygens (including phenoxy) is 1. The van der Waals surface area contributed by atoms with Crippen LogP contribution in [0.3, 0.4) is 0 Å². The Hall–Kier alpha value is -3.09. The van der Waals surface area contributed by atoms with Gasteiger partial charge in [-0.15, -0.1) is 0 Å². The van der Waals surface area contributed by atoms with Gasteiger partial charge in [-0.2, -0.15) is 5.10 Å². The third kappa shape index (κ3) is 3.01. The van der Waals surface area contributed by atoms with Gasteiger partial charge in [0.05, 0.1) is 17.3 Å². The van der Waals surface area contributed by atoms with Crippen LogP contribution in [0.4, 0.5) is 8.78 Å². The second kappa shape index (κ2) is 6.19. The predicted molar refractivity (Wildman–Crippen MR) is 81.7 cm³/mol. The Morgan fingerprint density at radius 2 is 1.83 bits per heavy atom. The highest BCUT2D eigenvalue weighted by Gasteiger charge is 2.21. The molecule has 2 aromatic carbocycles. The molecule has 0 radical (unpaired) electrons. The van der Waals surface area contributed by atoms with Crippen LogP contribution in [0.2, 0.25) is 0 Å². The summed E-state index contributed by atoms with van der Waals surface area (Å²) in [6.45, 7) is 1.37. The second-order valence-electron chi connectivity index (χ2n) is 5.21. The first-order valence-electron chi connectivity index (χ1n) is 7.09. The fourth-order valence-electron chi connectivity index (χ4n) is 2.23. The lowest BCUT2D eigenvalue weighted by Gasteiger charge is -2.12. The normalized spacial score (nSPS) is 12.1. The van der Waals surface area contributed by atoms with Gasteiger partial charge in [0.2, 0.25) is 5.78 Å². The molecule has 0 saturated heterocycles. The third-order valence-electron chi connectivity index (χ3n) is 3.53. The summed E-state index contributed by atoms with van der Waals surface area (Å²) in [5.74, 6) is -3.51. The topological polar surface area (TPSA) is 72.0 Å². The number of aromatic amines is 1. The molecule has 1 N–H and O–H groups in total. The van der Waals surface area contributed by atoms with Gasteiger partial charge >= 0.3 is 5.97 Å². The quantitative estimate of drug-likeness (QED) is 0.589. The van der Waals surface area contributed by atoms with Crippen molar-refractivity contribution in [3.05, 3.63) is 65.4 Å². The maximum Gasteiger partial charge on any atom is 0.338 e. The van der Waals surface area contributed by atoms with Crippen molar-refractivity contribution in [1.29, 1.82) is 0 Å². The lowest BCUT2D eigenvalue weighted by molar-refractivity contribution is 0.0319. The summed E-state index contributed by atoms with van der Waals surface area (Å²) >= 11 is 0. The van der Waals surface area contributed by atoms with Crippen LogP contribution in [0.25, 0.3) is 10.9 Å². The van der Waals surface area contributed by atoms with Crippen LogP contribution in [0, 0.1) is 11.6 Å². The number of ketones is 1. The van der Waals surface area contributed by atoms with Crippen molar-refractivity contribution in [1.82, 2.24) is 10.2 Å². The Kier molecular flexibility index (Phi) is 4.07. The number of hydrogen-bond acceptors (Lipinski definition) is 4. The van der Waals surface area contributed by atoms with E-state index in [9.17, 15) is 18.4 Å². The van der Waals surface area contributed by atoms with Gasteiger partial charge in [0.15, 0.2) is 17.7 Å². The molecule has 7 heteroatoms. The van der Waals surface area contributed by atoms with Gasteiger partial charge in [-0.3, -0.25) is 9.89 Å². The van der Waals surface area contributed by atoms with Gasteiger partial charge < -0.3 is 4.74 Å². The highest BCUT2D eigenvalue weighted by molar-refractivity contribution is 6.02. The van der Waals surface area contributed by atoms with Crippen LogP contribution < -0.4 is 0 Å². The van der Waals surface area contributed by atoms with Crippen LogP contribution >= 0.6 is 0 Å². The molecule has 1 heterocycles. The van der Waals surface area contributed by atoms with Crippen LogP contribution in [0.15, 0.2) is 42.6 Å². The number of fused-ring (bicyclic) bond motifs is 1. The molecule has 0 aliphatic carbocycles. The van der Waals surface area contributed by atoms with Crippen LogP contribution in [-0.4, -0.2) is 28.1 Å². The zero-order valence-electron chi connectivity index (χ0n) is 12.5. The molecule has 0 aliphatic rings. The van der Waals surface area contributed by atoms with Crippen molar-refractivity contribution < 1.29 is 23.1 Å². The molecular weight excluding hydrogens is 318 g/mol. The highest BCUT2D eigenvalue weighted by Crippen LogP contribution is 2.16. The molecule has 3 rings (SSSR count). The Balaban J connectivity index is 1.75. The van der Waals surface area contributed by atoms with E-state index >= 15 is 0 Å². The Labute approximate surface area is 135 Å². The van der Waals surface area contributed by atoms with E-state index in [1.807, 2.05) is 0 Å². The average Bonchev–Trinajstić information content (AvgIpc) is 3.04. The van der Waals surface area contributed by atoms with Gasteiger partial charge in [0.25, 0.3) is 0 Å². The lowest BCUT2D eigenvalue weighted by atomic mass is 10.1. The summed E-state index contributed by atoms with van der Waals surface area (Å²) in [5, 5.41) is 7.41. The van der Waals surface area contributed by atoms with Crippen molar-refractivity contribution in [3.8, 4) is 0 Å². The number of Topliss-reactive ketones (excluding diaryl/α,β-unsaturated/α-hetero) is 1. The molecule has 0 bridgehead atoms. The number of carbonyl (C=O) groups excluding carboxylic acids is 2. The van der Waals surface area contributed by atoms with Crippen molar-refractivity contribution >= 4 is 22.7 Å². The van der Waals surface area contributed by atoms with Gasteiger partial charge in [-0.05, 0) is 37.3 Å². The summed E-state index contributed by atoms with van der Waals surface area (Å²) in [6, 6.07) is 7.56. The van der Waals surface area contributed by atoms with Crippen molar-refractivity contribution in [2.24, 2.45) is 0 Å². The molecule has 0 amide bonds. The molecule has 1 aromatic heterocycles. The van der Waals surface area contributed by atoms with Gasteiger partial charge in [0.1, 0.15) is 0 Å². The second-order valence-corrected chi connectivity index (χ2v) is 5.21. The molecule has 1 atom stereocenters. The SMILES string of the molecule is C[C@H](OC(=O)c1ccc2cn[nH]c2c1)C(=O)c1ccc(F)c(F)c1. The number of nitrogens with zero attached hydrogens (tertiary/aromatic N) is 1. The minimum Gasteiger partial charge on any atom is -0.451 e. The van der Waals surface area contributed by atoms with E-state index in [0.717, 1.165) is 23.6 Å². The Morgan fingerprint density at radius 3 is 2.58 bits per heavy atom. The highest BCUT2D eigenvalue weighted by atomic mass is 19.2. The fraction of sp³-hybridized carbons (Fsp3) is 0.118. The third-order valence-corrected chi connectivity index (χ3v) is 3.53. The fourth-order valence-corrected chi connectivity index (χ4v) is 2.23. The maximum absolute atomic E-state index is 13.2. The average molecular weight is 330 g/mol. The zero-order valence-corrected chi connectivity index (χ0v) is 12.5. The number of halogens is 2. The first kappa shape index (κ1) is 15.8. The summed E-state index contributed by atoms with van der Waals surface area (Å²) in [5.41, 5.74) is 0.832. The zero-order chi connectivity index (χ0) is 17.3. The monoisotopic (exact) mass is 330 g/mol. The Bertz CT molecular complexity index is 936. The minimum atomic E-state index is -1.14. The Morgan fingerprint density at radius 1 is 1.08 bits per heavy atom. The minimum absolute atomic E-state index is 0.0711. The molecule has 0 spiro atoms. The number of aromatic nitrogens is 2. The molecule has 0 fully saturated rings. The lowest BCUT2D eigenvalue weighted by Crippen LogP contribution is -2.24. The van der Waals surface area contributed by atoms with Gasteiger partial charge in [-0.25, -0.2) is 13.6 Å². The van der Waals surface area contributed by atoms with E-state index < -0.39 is 29.5 Å². The van der Waals surface area contributed by atoms with Crippen molar-refractivity contribution in [2.45, 2.75) is 13.0 Å². The molecule has 0 unspecified atom stereocenters. The number of esters is 1. The number of nitrogens with one attached hydrogen (secondary N) is 1. The van der Waals surface area contributed by atoms with E-state index in [1.54, 1.807) is 24.4 Å². The first-order valence-corrected chi connectivity index (χ1v) is 7.09. The van der Waals surface area contributed by atoms with E-state index in [2.05, 4.69) is 10.2 Å². The van der Waals surface area contributed by atoms with Crippen LogP contribution in [-0.2, 0) is 4.74 Å². The number of rotatable bonds is 4. The molecule has 24 heavy (non-hydrogen) atoms. The molecule has 122 valence electrons. The maximum atomic E-state index is 13.2. The van der Waals surface area contributed by atoms with Crippen molar-refractivity contribution in [2.75, 3.05) is 0 Å². The molecule has 3 aromatic rings. The molecule has 0 aliphatic heterocycles. The summed E-state index contributed by atoms with van der Waals surface area (Å²) in [6.07, 6.45) is 0.472. The number of benzene rings is 2. The van der Waals surface area contributed by atoms with Gasteiger partial charge in [0, 0.05) is 10.9 Å². The number of hydrogen-bond donors (Lipinski definition) is 1. The van der Waals surface area contributed by atoms with E-state index in [4.69, 9.17) is 4.74 Å². The molecule has 5 nitrogen and oxygen atoms in total. The van der Waals surface area contributed by atoms with E-state index in [1.165, 1.54) is 6.92 Å².